The van der Waals surface area contributed by atoms with Gasteiger partial charge < -0.3 is 14.5 Å². The van der Waals surface area contributed by atoms with E-state index in [-0.39, 0.29) is 11.6 Å². The van der Waals surface area contributed by atoms with Crippen molar-refractivity contribution in [3.8, 4) is 11.3 Å². The molecule has 0 radical (unpaired) electrons. The normalized spacial score (nSPS) is 21.2. The minimum absolute atomic E-state index is 0.143. The van der Waals surface area contributed by atoms with Crippen LogP contribution in [0.5, 0.6) is 0 Å². The second-order valence-corrected chi connectivity index (χ2v) is 5.92. The first kappa shape index (κ1) is 15.3. The predicted molar refractivity (Wildman–Crippen MR) is 82.8 cm³/mol. The molecule has 1 aromatic carbocycles. The first-order chi connectivity index (χ1) is 11.1. The van der Waals surface area contributed by atoms with E-state index in [1.807, 2.05) is 37.3 Å². The van der Waals surface area contributed by atoms with Crippen LogP contribution in [0.3, 0.4) is 0 Å². The van der Waals surface area contributed by atoms with Gasteiger partial charge in [-0.2, -0.15) is 0 Å². The number of nitrogens with zero attached hydrogens (tertiary/aromatic N) is 2. The van der Waals surface area contributed by atoms with Gasteiger partial charge in [0, 0.05) is 18.2 Å². The minimum atomic E-state index is -0.975. The summed E-state index contributed by atoms with van der Waals surface area (Å²) in [5, 5.41) is 13.2. The van der Waals surface area contributed by atoms with Gasteiger partial charge in [-0.15, -0.1) is 0 Å². The summed E-state index contributed by atoms with van der Waals surface area (Å²) in [7, 11) is 0. The van der Waals surface area contributed by atoms with Gasteiger partial charge in [-0.1, -0.05) is 42.4 Å². The van der Waals surface area contributed by atoms with Crippen LogP contribution in [0.1, 0.15) is 30.3 Å². The number of likely N-dealkylation sites (tertiary alicyclic amines) is 1. The van der Waals surface area contributed by atoms with Crippen molar-refractivity contribution in [2.45, 2.75) is 25.8 Å². The van der Waals surface area contributed by atoms with Gasteiger partial charge in [0.15, 0.2) is 11.5 Å². The van der Waals surface area contributed by atoms with Crippen LogP contribution in [-0.4, -0.2) is 39.6 Å². The van der Waals surface area contributed by atoms with Gasteiger partial charge in [0.05, 0.1) is 0 Å². The third kappa shape index (κ3) is 3.11. The van der Waals surface area contributed by atoms with Gasteiger partial charge in [-0.25, -0.2) is 4.79 Å². The van der Waals surface area contributed by atoms with Crippen LogP contribution in [0.2, 0.25) is 0 Å². The van der Waals surface area contributed by atoms with E-state index in [1.54, 1.807) is 6.07 Å². The molecule has 1 aliphatic heterocycles. The minimum Gasteiger partial charge on any atom is -0.480 e. The van der Waals surface area contributed by atoms with Crippen molar-refractivity contribution in [1.82, 2.24) is 10.1 Å². The number of carbonyl (C=O) groups is 2. The van der Waals surface area contributed by atoms with Gasteiger partial charge in [0.2, 0.25) is 0 Å². The van der Waals surface area contributed by atoms with E-state index < -0.39 is 17.9 Å². The first-order valence-corrected chi connectivity index (χ1v) is 7.62. The molecule has 1 N–H and O–H groups in total. The van der Waals surface area contributed by atoms with Crippen molar-refractivity contribution in [2.75, 3.05) is 6.54 Å². The van der Waals surface area contributed by atoms with E-state index in [9.17, 15) is 14.7 Å². The van der Waals surface area contributed by atoms with Crippen LogP contribution >= 0.6 is 0 Å². The standard InChI is InChI=1S/C17H18N2O4/c1-11-7-8-19(14(9-11)17(21)22)16(20)13-10-15(23-18-13)12-5-3-2-4-6-12/h2-6,10-11,14H,7-9H2,1H3,(H,21,22). The third-order valence-electron chi connectivity index (χ3n) is 4.20. The molecular formula is C17H18N2O4. The molecule has 1 fully saturated rings. The van der Waals surface area contributed by atoms with Crippen molar-refractivity contribution < 1.29 is 19.2 Å². The summed E-state index contributed by atoms with van der Waals surface area (Å²) >= 11 is 0. The summed E-state index contributed by atoms with van der Waals surface area (Å²) in [5.41, 5.74) is 0.964. The van der Waals surface area contributed by atoms with Crippen LogP contribution in [0, 0.1) is 5.92 Å². The number of hydrogen-bond donors (Lipinski definition) is 1. The largest absolute Gasteiger partial charge is 0.480 e. The number of amides is 1. The van der Waals surface area contributed by atoms with Crippen molar-refractivity contribution in [3.05, 3.63) is 42.1 Å². The highest BCUT2D eigenvalue weighted by Gasteiger charge is 2.36. The van der Waals surface area contributed by atoms with Crippen molar-refractivity contribution >= 4 is 11.9 Å². The van der Waals surface area contributed by atoms with Gasteiger partial charge in [-0.3, -0.25) is 4.79 Å². The second kappa shape index (κ2) is 6.24. The van der Waals surface area contributed by atoms with Crippen LogP contribution < -0.4 is 0 Å². The Kier molecular flexibility index (Phi) is 4.14. The molecule has 1 aliphatic rings. The molecule has 3 rings (SSSR count). The lowest BCUT2D eigenvalue weighted by atomic mass is 9.92. The second-order valence-electron chi connectivity index (χ2n) is 5.92. The number of piperidine rings is 1. The Labute approximate surface area is 133 Å². The van der Waals surface area contributed by atoms with Crippen molar-refractivity contribution in [3.63, 3.8) is 0 Å². The predicted octanol–water partition coefficient (Wildman–Crippen LogP) is 2.67. The fourth-order valence-electron chi connectivity index (χ4n) is 2.88. The van der Waals surface area contributed by atoms with Gasteiger partial charge in [0.25, 0.3) is 5.91 Å². The third-order valence-corrected chi connectivity index (χ3v) is 4.20. The molecule has 1 saturated heterocycles. The molecule has 1 aromatic heterocycles. The number of carbonyl (C=O) groups excluding carboxylic acids is 1. The van der Waals surface area contributed by atoms with E-state index in [0.29, 0.717) is 18.7 Å². The zero-order valence-corrected chi connectivity index (χ0v) is 12.8. The lowest BCUT2D eigenvalue weighted by Gasteiger charge is -2.35. The van der Waals surface area contributed by atoms with E-state index in [1.165, 1.54) is 4.90 Å². The van der Waals surface area contributed by atoms with Crippen LogP contribution in [-0.2, 0) is 4.79 Å². The maximum atomic E-state index is 12.6. The van der Waals surface area contributed by atoms with Crippen molar-refractivity contribution in [1.29, 1.82) is 0 Å². The highest BCUT2D eigenvalue weighted by atomic mass is 16.5. The highest BCUT2D eigenvalue weighted by Crippen LogP contribution is 2.26. The number of aromatic nitrogens is 1. The Morgan fingerprint density at radius 1 is 1.30 bits per heavy atom. The summed E-state index contributed by atoms with van der Waals surface area (Å²) in [6, 6.07) is 10.1. The summed E-state index contributed by atoms with van der Waals surface area (Å²) in [6.45, 7) is 2.42. The molecule has 0 spiro atoms. The lowest BCUT2D eigenvalue weighted by Crippen LogP contribution is -2.49. The molecule has 6 heteroatoms. The quantitative estimate of drug-likeness (QED) is 0.941. The van der Waals surface area contributed by atoms with Crippen LogP contribution in [0.15, 0.2) is 40.9 Å². The average Bonchev–Trinajstić information content (AvgIpc) is 3.05. The molecule has 2 unspecified atom stereocenters. The molecule has 0 bridgehead atoms. The molecule has 0 aliphatic carbocycles. The molecule has 2 atom stereocenters. The lowest BCUT2D eigenvalue weighted by molar-refractivity contribution is -0.144. The summed E-state index contributed by atoms with van der Waals surface area (Å²) in [4.78, 5) is 25.4. The number of benzene rings is 1. The van der Waals surface area contributed by atoms with E-state index in [2.05, 4.69) is 5.16 Å². The summed E-state index contributed by atoms with van der Waals surface area (Å²) in [5.74, 6) is -0.588. The van der Waals surface area contributed by atoms with Gasteiger partial charge in [0.1, 0.15) is 6.04 Å². The molecule has 2 heterocycles. The van der Waals surface area contributed by atoms with Gasteiger partial charge in [-0.05, 0) is 18.8 Å². The highest BCUT2D eigenvalue weighted by molar-refractivity contribution is 5.95. The summed E-state index contributed by atoms with van der Waals surface area (Å²) in [6.07, 6.45) is 1.25. The number of hydrogen-bond acceptors (Lipinski definition) is 4. The van der Waals surface area contributed by atoms with Crippen LogP contribution in [0.4, 0.5) is 0 Å². The van der Waals surface area contributed by atoms with Crippen molar-refractivity contribution in [2.24, 2.45) is 5.92 Å². The Balaban J connectivity index is 1.83. The smallest absolute Gasteiger partial charge is 0.326 e. The Morgan fingerprint density at radius 3 is 2.74 bits per heavy atom. The number of carboxylic acid groups (broad SMARTS) is 1. The molecular weight excluding hydrogens is 296 g/mol. The topological polar surface area (TPSA) is 83.6 Å². The Morgan fingerprint density at radius 2 is 2.04 bits per heavy atom. The summed E-state index contributed by atoms with van der Waals surface area (Å²) < 4.78 is 5.23. The monoisotopic (exact) mass is 314 g/mol. The number of aliphatic carboxylic acids is 1. The zero-order valence-electron chi connectivity index (χ0n) is 12.8. The molecule has 2 aromatic rings. The molecule has 0 saturated carbocycles. The molecule has 120 valence electrons. The zero-order chi connectivity index (χ0) is 16.4. The molecule has 1 amide bonds. The fourth-order valence-corrected chi connectivity index (χ4v) is 2.88. The first-order valence-electron chi connectivity index (χ1n) is 7.62. The van der Waals surface area contributed by atoms with E-state index in [4.69, 9.17) is 4.52 Å². The van der Waals surface area contributed by atoms with Crippen LogP contribution in [0.25, 0.3) is 11.3 Å². The molecule has 23 heavy (non-hydrogen) atoms. The van der Waals surface area contributed by atoms with E-state index >= 15 is 0 Å². The maximum absolute atomic E-state index is 12.6. The fraction of sp³-hybridized carbons (Fsp3) is 0.353. The SMILES string of the molecule is CC1CCN(C(=O)c2cc(-c3ccccc3)on2)C(C(=O)O)C1. The average molecular weight is 314 g/mol. The maximum Gasteiger partial charge on any atom is 0.326 e. The molecule has 6 nitrogen and oxygen atoms in total. The van der Waals surface area contributed by atoms with E-state index in [0.717, 1.165) is 12.0 Å². The Hall–Kier alpha value is -2.63. The number of carboxylic acids is 1. The Bertz CT molecular complexity index is 710. The van der Waals surface area contributed by atoms with Gasteiger partial charge >= 0.3 is 5.97 Å². The number of rotatable bonds is 3.